The fourth-order valence-electron chi connectivity index (χ4n) is 3.94. The maximum absolute atomic E-state index is 12.3. The molecule has 0 saturated carbocycles. The Labute approximate surface area is 180 Å². The van der Waals surface area contributed by atoms with Gasteiger partial charge < -0.3 is 14.9 Å². The lowest BCUT2D eigenvalue weighted by atomic mass is 9.77. The monoisotopic (exact) mass is 426 g/mol. The van der Waals surface area contributed by atoms with E-state index in [-0.39, 0.29) is 19.6 Å². The van der Waals surface area contributed by atoms with Crippen LogP contribution in [0.1, 0.15) is 36.1 Å². The van der Waals surface area contributed by atoms with Crippen LogP contribution in [-0.2, 0) is 21.8 Å². The summed E-state index contributed by atoms with van der Waals surface area (Å²) in [6.45, 7) is 5.76. The van der Waals surface area contributed by atoms with Crippen LogP contribution in [0.15, 0.2) is 61.2 Å². The zero-order valence-electron chi connectivity index (χ0n) is 17.3. The molecule has 3 N–H and O–H groups in total. The van der Waals surface area contributed by atoms with Crippen LogP contribution in [0.4, 0.5) is 4.79 Å². The van der Waals surface area contributed by atoms with Gasteiger partial charge in [-0.2, -0.15) is 5.48 Å². The van der Waals surface area contributed by atoms with Crippen LogP contribution in [0.5, 0.6) is 5.75 Å². The second-order valence-corrected chi connectivity index (χ2v) is 7.21. The van der Waals surface area contributed by atoms with E-state index >= 15 is 0 Å². The van der Waals surface area contributed by atoms with Crippen molar-refractivity contribution in [3.63, 3.8) is 0 Å². The highest BCUT2D eigenvalue weighted by Crippen LogP contribution is 2.43. The molecule has 0 fully saturated rings. The van der Waals surface area contributed by atoms with Crippen LogP contribution < -0.4 is 10.2 Å². The van der Waals surface area contributed by atoms with Crippen LogP contribution in [-0.4, -0.2) is 40.3 Å². The van der Waals surface area contributed by atoms with Gasteiger partial charge in [0, 0.05) is 6.54 Å². The largest absolute Gasteiger partial charge is 0.490 e. The van der Waals surface area contributed by atoms with Gasteiger partial charge in [0.2, 0.25) is 0 Å². The van der Waals surface area contributed by atoms with Gasteiger partial charge in [-0.15, -0.1) is 0 Å². The lowest BCUT2D eigenvalue weighted by Crippen LogP contribution is -2.59. The first-order valence-electron chi connectivity index (χ1n) is 9.97. The van der Waals surface area contributed by atoms with Gasteiger partial charge in [-0.25, -0.2) is 9.59 Å². The van der Waals surface area contributed by atoms with Crippen molar-refractivity contribution in [3.05, 3.63) is 77.9 Å². The summed E-state index contributed by atoms with van der Waals surface area (Å²) in [4.78, 5) is 31.0. The van der Waals surface area contributed by atoms with Gasteiger partial charge in [-0.05, 0) is 35.2 Å². The van der Waals surface area contributed by atoms with Crippen LogP contribution >= 0.6 is 0 Å². The van der Waals surface area contributed by atoms with E-state index in [1.807, 2.05) is 30.3 Å². The van der Waals surface area contributed by atoms with Gasteiger partial charge in [-0.1, -0.05) is 56.0 Å². The molecule has 2 atom stereocenters. The maximum Gasteiger partial charge on any atom is 0.408 e. The summed E-state index contributed by atoms with van der Waals surface area (Å²) in [5.74, 6) is -0.685. The number of aliphatic carboxylic acids is 1. The number of carboxylic acid groups (broad SMARTS) is 2. The number of nitrogens with zero attached hydrogens (tertiary/aromatic N) is 1. The van der Waals surface area contributed by atoms with Crippen LogP contribution in [0.2, 0.25) is 0 Å². The molecule has 1 aliphatic heterocycles. The summed E-state index contributed by atoms with van der Waals surface area (Å²) in [5, 5.41) is 19.9. The number of rotatable bonds is 9. The number of fused-ring (bicyclic) bond motifs is 1. The number of carbonyl (C=O) groups is 2. The summed E-state index contributed by atoms with van der Waals surface area (Å²) >= 11 is 0. The lowest BCUT2D eigenvalue weighted by molar-refractivity contribution is -0.153. The molecule has 1 amide bonds. The summed E-state index contributed by atoms with van der Waals surface area (Å²) in [6.07, 6.45) is 0.376. The van der Waals surface area contributed by atoms with E-state index in [1.54, 1.807) is 31.2 Å². The Bertz CT molecular complexity index is 948. The summed E-state index contributed by atoms with van der Waals surface area (Å²) in [5.41, 5.74) is 3.18. The minimum atomic E-state index is -1.70. The highest BCUT2D eigenvalue weighted by molar-refractivity contribution is 5.87. The second-order valence-electron chi connectivity index (χ2n) is 7.21. The quantitative estimate of drug-likeness (QED) is 0.414. The molecule has 2 aromatic rings. The zero-order valence-corrected chi connectivity index (χ0v) is 17.3. The number of hydrogen-bond donors (Lipinski definition) is 3. The number of amides is 1. The van der Waals surface area contributed by atoms with Crippen molar-refractivity contribution < 1.29 is 29.4 Å². The molecule has 0 radical (unpaired) electrons. The van der Waals surface area contributed by atoms with E-state index in [9.17, 15) is 19.8 Å². The average Bonchev–Trinajstić information content (AvgIpc) is 2.77. The third-order valence-electron chi connectivity index (χ3n) is 5.44. The first-order chi connectivity index (χ1) is 14.9. The van der Waals surface area contributed by atoms with Gasteiger partial charge in [0.15, 0.2) is 5.54 Å². The fraction of sp³-hybridized carbons (Fsp3) is 0.304. The lowest BCUT2D eigenvalue weighted by Gasteiger charge is -2.46. The minimum absolute atomic E-state index is 0.0755. The Hall–Kier alpha value is -3.36. The third-order valence-corrected chi connectivity index (χ3v) is 5.44. The van der Waals surface area contributed by atoms with E-state index in [1.165, 1.54) is 0 Å². The van der Waals surface area contributed by atoms with Crippen molar-refractivity contribution in [1.82, 2.24) is 10.4 Å². The van der Waals surface area contributed by atoms with Crippen molar-refractivity contribution >= 4 is 12.1 Å². The maximum atomic E-state index is 12.3. The predicted octanol–water partition coefficient (Wildman–Crippen LogP) is 3.70. The molecule has 3 rings (SSSR count). The number of benzene rings is 2. The molecule has 1 heterocycles. The summed E-state index contributed by atoms with van der Waals surface area (Å²) in [6, 6.07) is 13.9. The van der Waals surface area contributed by atoms with Gasteiger partial charge in [-0.3, -0.25) is 9.74 Å². The molecule has 2 aromatic carbocycles. The Kier molecular flexibility index (Phi) is 6.94. The van der Waals surface area contributed by atoms with E-state index in [2.05, 4.69) is 12.1 Å². The van der Waals surface area contributed by atoms with Crippen molar-refractivity contribution in [2.24, 2.45) is 0 Å². The Morgan fingerprint density at radius 1 is 1.26 bits per heavy atom. The standard InChI is InChI=1S/C23H26N2O6/c1-3-12-30-17-10-11-19-18(13-17)20(24-31-15-16-8-6-5-7-9-16)14-25(22(28)29)23(19,4-2)21(26)27/h3,5-11,13,20,24H,1,4,12,14-15H2,2H3,(H,26,27)(H,28,29)/t20?,23-/m0/s1. The van der Waals surface area contributed by atoms with Crippen LogP contribution in [0.3, 0.4) is 0 Å². The van der Waals surface area contributed by atoms with Crippen LogP contribution in [0, 0.1) is 0 Å². The van der Waals surface area contributed by atoms with Gasteiger partial charge in [0.05, 0.1) is 12.6 Å². The Morgan fingerprint density at radius 2 is 2.00 bits per heavy atom. The van der Waals surface area contributed by atoms with Gasteiger partial charge >= 0.3 is 12.1 Å². The van der Waals surface area contributed by atoms with Crippen LogP contribution in [0.25, 0.3) is 0 Å². The second kappa shape index (κ2) is 9.63. The van der Waals surface area contributed by atoms with E-state index in [4.69, 9.17) is 9.57 Å². The number of carboxylic acids is 1. The first kappa shape index (κ1) is 22.3. The van der Waals surface area contributed by atoms with E-state index in [0.29, 0.717) is 23.5 Å². The summed E-state index contributed by atoms with van der Waals surface area (Å²) in [7, 11) is 0. The molecule has 0 saturated heterocycles. The molecule has 0 aromatic heterocycles. The van der Waals surface area contributed by atoms with Crippen molar-refractivity contribution in [2.45, 2.75) is 31.5 Å². The predicted molar refractivity (Wildman–Crippen MR) is 114 cm³/mol. The molecule has 8 nitrogen and oxygen atoms in total. The number of nitrogens with one attached hydrogen (secondary N) is 1. The molecule has 31 heavy (non-hydrogen) atoms. The summed E-state index contributed by atoms with van der Waals surface area (Å²) < 4.78 is 5.62. The molecular weight excluding hydrogens is 400 g/mol. The molecule has 0 bridgehead atoms. The van der Waals surface area contributed by atoms with Gasteiger partial charge in [0.25, 0.3) is 0 Å². The zero-order chi connectivity index (χ0) is 22.4. The highest BCUT2D eigenvalue weighted by Gasteiger charge is 2.52. The molecule has 8 heteroatoms. The number of hydrogen-bond acceptors (Lipinski definition) is 5. The SMILES string of the molecule is C=CCOc1ccc2c(c1)C(NOCc1ccccc1)CN(C(=O)O)[C@]2(CC)C(=O)O. The van der Waals surface area contributed by atoms with Crippen molar-refractivity contribution in [2.75, 3.05) is 13.2 Å². The molecule has 0 aliphatic carbocycles. The Balaban J connectivity index is 1.98. The molecular formula is C23H26N2O6. The van der Waals surface area contributed by atoms with E-state index < -0.39 is 23.6 Å². The van der Waals surface area contributed by atoms with Crippen molar-refractivity contribution in [1.29, 1.82) is 0 Å². The highest BCUT2D eigenvalue weighted by atomic mass is 16.6. The number of hydroxylamine groups is 1. The average molecular weight is 426 g/mol. The molecule has 1 aliphatic rings. The Morgan fingerprint density at radius 3 is 2.61 bits per heavy atom. The third kappa shape index (κ3) is 4.40. The fourth-order valence-corrected chi connectivity index (χ4v) is 3.94. The first-order valence-corrected chi connectivity index (χ1v) is 9.97. The molecule has 1 unspecified atom stereocenters. The topological polar surface area (TPSA) is 108 Å². The minimum Gasteiger partial charge on any atom is -0.490 e. The van der Waals surface area contributed by atoms with E-state index in [0.717, 1.165) is 10.5 Å². The molecule has 164 valence electrons. The number of ether oxygens (including phenoxy) is 1. The molecule has 0 spiro atoms. The normalized spacial score (nSPS) is 20.0. The smallest absolute Gasteiger partial charge is 0.408 e. The van der Waals surface area contributed by atoms with Gasteiger partial charge in [0.1, 0.15) is 12.4 Å². The van der Waals surface area contributed by atoms with Crippen molar-refractivity contribution in [3.8, 4) is 5.75 Å².